The predicted molar refractivity (Wildman–Crippen MR) is 118 cm³/mol. The van der Waals surface area contributed by atoms with Crippen molar-refractivity contribution in [1.29, 1.82) is 0 Å². The molecule has 162 valence electrons. The van der Waals surface area contributed by atoms with Crippen LogP contribution in [0.25, 0.3) is 6.08 Å². The maximum absolute atomic E-state index is 13.2. The summed E-state index contributed by atoms with van der Waals surface area (Å²) in [5.41, 5.74) is 1.89. The molecule has 0 aliphatic heterocycles. The number of rotatable bonds is 12. The van der Waals surface area contributed by atoms with Crippen LogP contribution in [0.5, 0.6) is 11.5 Å². The molecule has 0 aromatic heterocycles. The largest absolute Gasteiger partial charge is 0.493 e. The number of aryl methyl sites for hydroxylation is 1. The van der Waals surface area contributed by atoms with E-state index in [1.165, 1.54) is 23.8 Å². The molecule has 6 heteroatoms. The molecule has 30 heavy (non-hydrogen) atoms. The molecule has 0 saturated heterocycles. The van der Waals surface area contributed by atoms with Crippen molar-refractivity contribution in [2.24, 2.45) is 0 Å². The third-order valence-corrected chi connectivity index (χ3v) is 4.76. The van der Waals surface area contributed by atoms with Crippen LogP contribution in [-0.4, -0.2) is 51.7 Å². The van der Waals surface area contributed by atoms with Gasteiger partial charge in [-0.2, -0.15) is 0 Å². The van der Waals surface area contributed by atoms with Gasteiger partial charge >= 0.3 is 0 Å². The standard InChI is InChI=1S/C24H31FN2O3/c1-27(24(28)13-11-19-7-4-9-21(25)17-19)16-6-15-26-14-5-8-20-10-12-22(29-2)23(18-20)30-3/h4,7,9-13,17-18,26H,5-6,8,14-16H2,1-3H3/b13-11+. The van der Waals surface area contributed by atoms with E-state index in [0.29, 0.717) is 12.1 Å². The Balaban J connectivity index is 1.60. The fraction of sp³-hybridized carbons (Fsp3) is 0.375. The summed E-state index contributed by atoms with van der Waals surface area (Å²) in [4.78, 5) is 13.8. The molecule has 0 unspecified atom stereocenters. The average molecular weight is 415 g/mol. The number of nitrogens with zero attached hydrogens (tertiary/aromatic N) is 1. The van der Waals surface area contributed by atoms with E-state index in [0.717, 1.165) is 43.9 Å². The van der Waals surface area contributed by atoms with E-state index in [4.69, 9.17) is 9.47 Å². The Labute approximate surface area is 178 Å². The lowest BCUT2D eigenvalue weighted by molar-refractivity contribution is -0.124. The van der Waals surface area contributed by atoms with Gasteiger partial charge in [-0.3, -0.25) is 4.79 Å². The molecule has 0 aliphatic carbocycles. The van der Waals surface area contributed by atoms with Gasteiger partial charge in [0.15, 0.2) is 11.5 Å². The molecule has 0 atom stereocenters. The van der Waals surface area contributed by atoms with Gasteiger partial charge in [-0.15, -0.1) is 0 Å². The highest BCUT2D eigenvalue weighted by Crippen LogP contribution is 2.27. The van der Waals surface area contributed by atoms with E-state index in [2.05, 4.69) is 11.4 Å². The van der Waals surface area contributed by atoms with Gasteiger partial charge in [-0.05, 0) is 73.8 Å². The summed E-state index contributed by atoms with van der Waals surface area (Å²) in [7, 11) is 5.05. The Hall–Kier alpha value is -2.86. The second-order valence-electron chi connectivity index (χ2n) is 7.04. The number of methoxy groups -OCH3 is 2. The highest BCUT2D eigenvalue weighted by Gasteiger charge is 2.05. The Morgan fingerprint density at radius 2 is 1.83 bits per heavy atom. The molecule has 2 aromatic carbocycles. The van der Waals surface area contributed by atoms with Crippen LogP contribution in [0.1, 0.15) is 24.0 Å². The number of halogens is 1. The number of carbonyl (C=O) groups is 1. The zero-order valence-electron chi connectivity index (χ0n) is 18.0. The molecular weight excluding hydrogens is 383 g/mol. The molecule has 5 nitrogen and oxygen atoms in total. The van der Waals surface area contributed by atoms with Gasteiger partial charge in [0.25, 0.3) is 0 Å². The molecule has 0 aliphatic rings. The van der Waals surface area contributed by atoms with Gasteiger partial charge < -0.3 is 19.7 Å². The molecule has 1 N–H and O–H groups in total. The highest BCUT2D eigenvalue weighted by atomic mass is 19.1. The first-order valence-corrected chi connectivity index (χ1v) is 10.1. The molecule has 0 fully saturated rings. The van der Waals surface area contributed by atoms with E-state index in [1.54, 1.807) is 44.4 Å². The lowest BCUT2D eigenvalue weighted by atomic mass is 10.1. The van der Waals surface area contributed by atoms with Gasteiger partial charge in [0.1, 0.15) is 5.82 Å². The molecule has 1 amide bonds. The second kappa shape index (κ2) is 12.6. The van der Waals surface area contributed by atoms with E-state index in [-0.39, 0.29) is 11.7 Å². The van der Waals surface area contributed by atoms with Gasteiger partial charge in [-0.1, -0.05) is 18.2 Å². The fourth-order valence-corrected chi connectivity index (χ4v) is 3.04. The normalized spacial score (nSPS) is 10.9. The van der Waals surface area contributed by atoms with Crippen molar-refractivity contribution >= 4 is 12.0 Å². The van der Waals surface area contributed by atoms with Gasteiger partial charge in [0, 0.05) is 19.7 Å². The monoisotopic (exact) mass is 414 g/mol. The van der Waals surface area contributed by atoms with Crippen molar-refractivity contribution in [3.05, 3.63) is 65.5 Å². The van der Waals surface area contributed by atoms with Crippen molar-refractivity contribution in [1.82, 2.24) is 10.2 Å². The maximum Gasteiger partial charge on any atom is 0.246 e. The minimum atomic E-state index is -0.310. The van der Waals surface area contributed by atoms with Gasteiger partial charge in [0.05, 0.1) is 14.2 Å². The molecule has 2 rings (SSSR count). The Morgan fingerprint density at radius 1 is 1.07 bits per heavy atom. The van der Waals surface area contributed by atoms with Crippen molar-refractivity contribution in [3.8, 4) is 11.5 Å². The van der Waals surface area contributed by atoms with Crippen molar-refractivity contribution in [2.45, 2.75) is 19.3 Å². The van der Waals surface area contributed by atoms with E-state index < -0.39 is 0 Å². The van der Waals surface area contributed by atoms with E-state index in [1.807, 2.05) is 12.1 Å². The third kappa shape index (κ3) is 7.87. The number of nitrogens with one attached hydrogen (secondary N) is 1. The molecular formula is C24H31FN2O3. The highest BCUT2D eigenvalue weighted by molar-refractivity contribution is 5.91. The summed E-state index contributed by atoms with van der Waals surface area (Å²) >= 11 is 0. The average Bonchev–Trinajstić information content (AvgIpc) is 2.76. The molecule has 0 spiro atoms. The van der Waals surface area contributed by atoms with Crippen LogP contribution in [0.4, 0.5) is 4.39 Å². The summed E-state index contributed by atoms with van der Waals surface area (Å²) in [6.07, 6.45) is 5.95. The van der Waals surface area contributed by atoms with Crippen LogP contribution >= 0.6 is 0 Å². The van der Waals surface area contributed by atoms with Gasteiger partial charge in [-0.25, -0.2) is 4.39 Å². The zero-order valence-corrected chi connectivity index (χ0v) is 18.0. The van der Waals surface area contributed by atoms with Crippen LogP contribution in [-0.2, 0) is 11.2 Å². The maximum atomic E-state index is 13.2. The lowest BCUT2D eigenvalue weighted by Gasteiger charge is -2.15. The first-order valence-electron chi connectivity index (χ1n) is 10.1. The first-order chi connectivity index (χ1) is 14.5. The van der Waals surface area contributed by atoms with Crippen LogP contribution in [0.3, 0.4) is 0 Å². The van der Waals surface area contributed by atoms with Crippen LogP contribution in [0.15, 0.2) is 48.5 Å². The van der Waals surface area contributed by atoms with Crippen LogP contribution in [0, 0.1) is 5.82 Å². The summed E-state index contributed by atoms with van der Waals surface area (Å²) < 4.78 is 23.7. The number of amides is 1. The first kappa shape index (κ1) is 23.4. The van der Waals surface area contributed by atoms with E-state index >= 15 is 0 Å². The molecule has 2 aromatic rings. The SMILES string of the molecule is COc1ccc(CCCNCCCN(C)C(=O)/C=C/c2cccc(F)c2)cc1OC. The Kier molecular flexibility index (Phi) is 9.87. The molecule has 0 bridgehead atoms. The van der Waals surface area contributed by atoms with Crippen molar-refractivity contribution in [2.75, 3.05) is 40.9 Å². The topological polar surface area (TPSA) is 50.8 Å². The smallest absolute Gasteiger partial charge is 0.246 e. The summed E-state index contributed by atoms with van der Waals surface area (Å²) in [5.74, 6) is 1.09. The quantitative estimate of drug-likeness (QED) is 0.422. The molecule has 0 heterocycles. The molecule has 0 radical (unpaired) electrons. The summed E-state index contributed by atoms with van der Waals surface area (Å²) in [5, 5.41) is 3.41. The van der Waals surface area contributed by atoms with Crippen molar-refractivity contribution < 1.29 is 18.7 Å². The third-order valence-electron chi connectivity index (χ3n) is 4.76. The number of benzene rings is 2. The molecule has 0 saturated carbocycles. The number of hydrogen-bond donors (Lipinski definition) is 1. The van der Waals surface area contributed by atoms with E-state index in [9.17, 15) is 9.18 Å². The second-order valence-corrected chi connectivity index (χ2v) is 7.04. The minimum absolute atomic E-state index is 0.0901. The van der Waals surface area contributed by atoms with Gasteiger partial charge in [0.2, 0.25) is 5.91 Å². The fourth-order valence-electron chi connectivity index (χ4n) is 3.04. The number of likely N-dealkylation sites (N-methyl/N-ethyl adjacent to an activating group) is 1. The van der Waals surface area contributed by atoms with Crippen LogP contribution < -0.4 is 14.8 Å². The zero-order chi connectivity index (χ0) is 21.8. The predicted octanol–water partition coefficient (Wildman–Crippen LogP) is 3.93. The number of carbonyl (C=O) groups excluding carboxylic acids is 1. The number of ether oxygens (including phenoxy) is 2. The lowest BCUT2D eigenvalue weighted by Crippen LogP contribution is -2.28. The minimum Gasteiger partial charge on any atom is -0.493 e. The number of hydrogen-bond acceptors (Lipinski definition) is 4. The Bertz CT molecular complexity index is 839. The Morgan fingerprint density at radius 3 is 2.57 bits per heavy atom. The summed E-state index contributed by atoms with van der Waals surface area (Å²) in [6, 6.07) is 12.2. The van der Waals surface area contributed by atoms with Crippen molar-refractivity contribution in [3.63, 3.8) is 0 Å². The summed E-state index contributed by atoms with van der Waals surface area (Å²) in [6.45, 7) is 2.41. The van der Waals surface area contributed by atoms with Crippen LogP contribution in [0.2, 0.25) is 0 Å².